The molecule has 11 atom stereocenters. The average Bonchev–Trinajstić information content (AvgIpc) is 4.06. The predicted octanol–water partition coefficient (Wildman–Crippen LogP) is 1.46. The van der Waals surface area contributed by atoms with Crippen LogP contribution < -0.4 is 22.5 Å². The lowest BCUT2D eigenvalue weighted by molar-refractivity contribution is -0.160. The zero-order valence-corrected chi connectivity index (χ0v) is 37.4. The first-order valence-electron chi connectivity index (χ1n) is 20.5. The molecule has 7 rings (SSSR count). The standard InChI is InChI=1S/C38H48ClN9O16P2/c1-2-3-9-28(49)45-24(14-20-6-4-7-21(39)13-20)37(51)63-32-26(62-36(30(32)50)48-19-44-29-33(41)42-18-43-34(29)48)17-60-66(56,57)64-31-23(15-22-8-5-12-58-22)35(47-11-10-27(40)46-38(47)52)61-25(31)16-59-65(53,54)55/h2,4,6-7,10-11,13,18-19,22-26,30-32,35-36,50H,1,3,5,8-9,12,14-17H2,(H,45,49)(H,56,57)(H2,40,46,52)(H2,41,42,43)(H2,53,54,55)/t22?,23-,24+,25-,26-,30-,31+,32-,35-,36-/m1/s1. The molecule has 3 saturated heterocycles. The molecule has 6 heterocycles. The van der Waals surface area contributed by atoms with Crippen molar-refractivity contribution in [1.29, 1.82) is 0 Å². The molecule has 0 bridgehead atoms. The van der Waals surface area contributed by atoms with Crippen LogP contribution in [0.3, 0.4) is 0 Å². The number of anilines is 2. The van der Waals surface area contributed by atoms with Gasteiger partial charge >= 0.3 is 27.3 Å². The van der Waals surface area contributed by atoms with Gasteiger partial charge in [-0.2, -0.15) is 4.98 Å². The number of rotatable bonds is 20. The topological polar surface area (TPSA) is 356 Å². The van der Waals surface area contributed by atoms with Gasteiger partial charge in [0.15, 0.2) is 23.8 Å². The molecule has 2 unspecified atom stereocenters. The van der Waals surface area contributed by atoms with Gasteiger partial charge in [0.05, 0.1) is 25.6 Å². The molecular formula is C38H48ClN9O16P2. The Morgan fingerprint density at radius 3 is 2.52 bits per heavy atom. The van der Waals surface area contributed by atoms with E-state index >= 15 is 0 Å². The second-order valence-electron chi connectivity index (χ2n) is 15.6. The highest BCUT2D eigenvalue weighted by atomic mass is 35.5. The zero-order valence-electron chi connectivity index (χ0n) is 34.8. The number of nitrogen functional groups attached to an aromatic ring is 2. The Balaban J connectivity index is 1.17. The number of nitrogens with zero attached hydrogens (tertiary/aromatic N) is 6. The molecule has 66 heavy (non-hydrogen) atoms. The Bertz CT molecular complexity index is 2540. The van der Waals surface area contributed by atoms with Crippen LogP contribution in [-0.4, -0.2) is 123 Å². The number of phosphoric acid groups is 2. The second-order valence-corrected chi connectivity index (χ2v) is 18.7. The maximum absolute atomic E-state index is 14.1. The summed E-state index contributed by atoms with van der Waals surface area (Å²) in [6, 6.07) is 6.51. The van der Waals surface area contributed by atoms with Crippen LogP contribution in [0.1, 0.15) is 50.1 Å². The maximum atomic E-state index is 14.1. The van der Waals surface area contributed by atoms with E-state index in [1.54, 1.807) is 24.3 Å². The molecule has 0 radical (unpaired) electrons. The number of halogens is 1. The van der Waals surface area contributed by atoms with Crippen molar-refractivity contribution in [2.24, 2.45) is 5.92 Å². The summed E-state index contributed by atoms with van der Waals surface area (Å²) in [7, 11) is -10.5. The number of phosphoric ester groups is 2. The molecule has 1 amide bonds. The Labute approximate surface area is 380 Å². The number of hydrogen-bond acceptors (Lipinski definition) is 19. The number of ether oxygens (including phenoxy) is 4. The van der Waals surface area contributed by atoms with Crippen LogP contribution >= 0.6 is 27.2 Å². The summed E-state index contributed by atoms with van der Waals surface area (Å²) in [4.78, 5) is 86.7. The number of aliphatic hydroxyl groups excluding tert-OH is 1. The van der Waals surface area contributed by atoms with Gasteiger partial charge in [-0.15, -0.1) is 6.58 Å². The SMILES string of the molecule is C=CCCC(=O)N[C@@H](Cc1cccc(Cl)c1)C(=O)O[C@H]1[C@@H](O)[C@H](n2cnc3c(N)ncnc32)O[C@@H]1COP(=O)(O)O[C@H]1[C@@H](CC2CCCO2)[C@H](n2ccc(N)nc2=O)O[C@@H]1COP(=O)(O)O. The average molecular weight is 984 g/mol. The first-order chi connectivity index (χ1) is 31.4. The molecule has 0 spiro atoms. The van der Waals surface area contributed by atoms with Crippen LogP contribution in [0.2, 0.25) is 5.02 Å². The van der Waals surface area contributed by atoms with Crippen molar-refractivity contribution in [3.63, 3.8) is 0 Å². The van der Waals surface area contributed by atoms with E-state index in [0.717, 1.165) is 10.9 Å². The van der Waals surface area contributed by atoms with Crippen LogP contribution in [0.5, 0.6) is 0 Å². The largest absolute Gasteiger partial charge is 0.472 e. The minimum atomic E-state index is -5.35. The summed E-state index contributed by atoms with van der Waals surface area (Å²) in [5.41, 5.74) is 11.6. The molecule has 0 aliphatic carbocycles. The smallest absolute Gasteiger partial charge is 0.455 e. The van der Waals surface area contributed by atoms with E-state index in [2.05, 4.69) is 31.8 Å². The molecule has 3 aliphatic rings. The first-order valence-corrected chi connectivity index (χ1v) is 23.9. The summed E-state index contributed by atoms with van der Waals surface area (Å²) >= 11 is 6.21. The second kappa shape index (κ2) is 21.1. The van der Waals surface area contributed by atoms with E-state index < -0.39 is 107 Å². The number of imidazole rings is 1. The summed E-state index contributed by atoms with van der Waals surface area (Å²) in [5, 5.41) is 14.8. The highest BCUT2D eigenvalue weighted by Crippen LogP contribution is 2.53. The number of esters is 1. The zero-order chi connectivity index (χ0) is 47.3. The van der Waals surface area contributed by atoms with Gasteiger partial charge in [0.25, 0.3) is 0 Å². The fourth-order valence-corrected chi connectivity index (χ4v) is 9.52. The van der Waals surface area contributed by atoms with Crippen LogP contribution in [0.25, 0.3) is 11.2 Å². The minimum absolute atomic E-state index is 0.00137. The van der Waals surface area contributed by atoms with Crippen molar-refractivity contribution < 1.29 is 71.0 Å². The van der Waals surface area contributed by atoms with E-state index in [4.69, 9.17) is 55.6 Å². The van der Waals surface area contributed by atoms with Crippen molar-refractivity contribution >= 4 is 61.9 Å². The molecule has 1 aromatic carbocycles. The van der Waals surface area contributed by atoms with Gasteiger partial charge in [-0.05, 0) is 49.4 Å². The first kappa shape index (κ1) is 49.2. The number of nitrogens with two attached hydrogens (primary N) is 2. The quantitative estimate of drug-likeness (QED) is 0.0374. The van der Waals surface area contributed by atoms with Gasteiger partial charge < -0.3 is 55.5 Å². The van der Waals surface area contributed by atoms with Crippen LogP contribution in [0, 0.1) is 5.92 Å². The van der Waals surface area contributed by atoms with Gasteiger partial charge in [0.2, 0.25) is 5.91 Å². The molecule has 9 N–H and O–H groups in total. The molecule has 28 heteroatoms. The highest BCUT2D eigenvalue weighted by Gasteiger charge is 2.53. The summed E-state index contributed by atoms with van der Waals surface area (Å²) < 4.78 is 68.2. The number of aromatic nitrogens is 6. The van der Waals surface area contributed by atoms with Crippen molar-refractivity contribution in [2.75, 3.05) is 31.3 Å². The number of carbonyl (C=O) groups is 2. The number of allylic oxidation sites excluding steroid dienone is 1. The van der Waals surface area contributed by atoms with Gasteiger partial charge in [0, 0.05) is 36.6 Å². The van der Waals surface area contributed by atoms with Gasteiger partial charge in [0.1, 0.15) is 54.3 Å². The normalized spacial score (nSPS) is 26.8. The van der Waals surface area contributed by atoms with E-state index in [1.807, 2.05) is 0 Å². The number of fused-ring (bicyclic) bond motifs is 1. The Morgan fingerprint density at radius 2 is 1.80 bits per heavy atom. The van der Waals surface area contributed by atoms with Crippen LogP contribution in [-0.2, 0) is 57.7 Å². The Hall–Kier alpha value is -4.72. The molecule has 3 fully saturated rings. The van der Waals surface area contributed by atoms with Gasteiger partial charge in [-0.1, -0.05) is 29.8 Å². The number of amides is 1. The number of aliphatic hydroxyl groups is 1. The lowest BCUT2D eigenvalue weighted by atomic mass is 9.92. The minimum Gasteiger partial charge on any atom is -0.455 e. The lowest BCUT2D eigenvalue weighted by Crippen LogP contribution is -2.47. The third-order valence-corrected chi connectivity index (χ3v) is 12.7. The summed E-state index contributed by atoms with van der Waals surface area (Å²) in [6.07, 6.45) is -4.57. The number of benzene rings is 1. The molecule has 358 valence electrons. The number of hydrogen-bond donors (Lipinski definition) is 7. The molecule has 4 aromatic rings. The molecule has 0 saturated carbocycles. The monoisotopic (exact) mass is 983 g/mol. The van der Waals surface area contributed by atoms with Crippen LogP contribution in [0.4, 0.5) is 11.6 Å². The Kier molecular flexibility index (Phi) is 15.7. The van der Waals surface area contributed by atoms with Gasteiger partial charge in [-0.25, -0.2) is 33.7 Å². The molecule has 25 nitrogen and oxygen atoms in total. The summed E-state index contributed by atoms with van der Waals surface area (Å²) in [5.74, 6) is -2.69. The van der Waals surface area contributed by atoms with Crippen molar-refractivity contribution in [3.8, 4) is 0 Å². The molecule has 3 aliphatic heterocycles. The van der Waals surface area contributed by atoms with E-state index in [1.165, 1.54) is 29.2 Å². The van der Waals surface area contributed by atoms with Crippen LogP contribution in [0.15, 0.2) is 66.6 Å². The van der Waals surface area contributed by atoms with Crippen molar-refractivity contribution in [3.05, 3.63) is 82.9 Å². The number of nitrogens with one attached hydrogen (secondary N) is 1. The third-order valence-electron chi connectivity index (χ3n) is 11.0. The van der Waals surface area contributed by atoms with Crippen molar-refractivity contribution in [2.45, 2.75) is 93.6 Å². The molecular weight excluding hydrogens is 936 g/mol. The predicted molar refractivity (Wildman–Crippen MR) is 229 cm³/mol. The fraction of sp³-hybridized carbons (Fsp3) is 0.500. The van der Waals surface area contributed by atoms with E-state index in [-0.39, 0.29) is 42.1 Å². The highest BCUT2D eigenvalue weighted by molar-refractivity contribution is 7.47. The van der Waals surface area contributed by atoms with Gasteiger partial charge in [-0.3, -0.25) is 27.5 Å². The maximum Gasteiger partial charge on any atom is 0.472 e. The van der Waals surface area contributed by atoms with E-state index in [9.17, 15) is 43.3 Å². The Morgan fingerprint density at radius 1 is 1.05 bits per heavy atom. The molecule has 3 aromatic heterocycles. The third kappa shape index (κ3) is 12.0. The van der Waals surface area contributed by atoms with E-state index in [0.29, 0.717) is 36.5 Å². The summed E-state index contributed by atoms with van der Waals surface area (Å²) in [6.45, 7) is 2.23. The van der Waals surface area contributed by atoms with Crippen molar-refractivity contribution in [1.82, 2.24) is 34.4 Å². The number of carbonyl (C=O) groups excluding carboxylic acids is 2. The fourth-order valence-electron chi connectivity index (χ4n) is 7.97. The lowest BCUT2D eigenvalue weighted by Gasteiger charge is -2.28.